The molecule has 5 heteroatoms. The van der Waals surface area contributed by atoms with Crippen LogP contribution in [0.4, 0.5) is 0 Å². The Labute approximate surface area is 130 Å². The summed E-state index contributed by atoms with van der Waals surface area (Å²) >= 11 is 0. The normalized spacial score (nSPS) is 12.5. The number of carbonyl (C=O) groups excluding carboxylic acids is 1. The second-order valence-corrected chi connectivity index (χ2v) is 5.69. The second-order valence-electron chi connectivity index (χ2n) is 5.69. The van der Waals surface area contributed by atoms with E-state index in [4.69, 9.17) is 4.74 Å². The molecule has 2 aromatic rings. The summed E-state index contributed by atoms with van der Waals surface area (Å²) in [5.41, 5.74) is 3.49. The quantitative estimate of drug-likeness (QED) is 0.821. The summed E-state index contributed by atoms with van der Waals surface area (Å²) in [5, 5.41) is 10.8. The number of hydrogen-bond donors (Lipinski definition) is 2. The maximum atomic E-state index is 12.1. The molecular weight excluding hydrogens is 280 g/mol. The zero-order valence-electron chi connectivity index (χ0n) is 13.4. The van der Waals surface area contributed by atoms with Crippen LogP contribution in [0.15, 0.2) is 24.4 Å². The van der Waals surface area contributed by atoms with Crippen LogP contribution in [-0.4, -0.2) is 54.3 Å². The van der Waals surface area contributed by atoms with E-state index in [0.29, 0.717) is 19.4 Å². The van der Waals surface area contributed by atoms with Crippen LogP contribution in [0, 0.1) is 6.92 Å². The monoisotopic (exact) mass is 304 g/mol. The minimum Gasteiger partial charge on any atom is -0.389 e. The smallest absolute Gasteiger partial charge is 0.222 e. The molecule has 1 unspecified atom stereocenters. The van der Waals surface area contributed by atoms with Gasteiger partial charge in [0.1, 0.15) is 0 Å². The van der Waals surface area contributed by atoms with Gasteiger partial charge in [0.2, 0.25) is 5.91 Å². The molecule has 120 valence electrons. The second kappa shape index (κ2) is 7.42. The molecule has 0 fully saturated rings. The SMILES string of the molecule is COCC(O)CN(C)C(=O)CCc1c[nH]c2c(C)cccc12. The summed E-state index contributed by atoms with van der Waals surface area (Å²) in [7, 11) is 3.24. The van der Waals surface area contributed by atoms with Crippen molar-refractivity contribution in [3.8, 4) is 0 Å². The van der Waals surface area contributed by atoms with Crippen molar-refractivity contribution in [2.75, 3.05) is 27.3 Å². The van der Waals surface area contributed by atoms with Gasteiger partial charge in [0.15, 0.2) is 0 Å². The molecule has 1 aromatic heterocycles. The minimum absolute atomic E-state index is 0.0251. The Hall–Kier alpha value is -1.85. The lowest BCUT2D eigenvalue weighted by Crippen LogP contribution is -2.36. The summed E-state index contributed by atoms with van der Waals surface area (Å²) in [6.45, 7) is 2.59. The van der Waals surface area contributed by atoms with Crippen molar-refractivity contribution in [2.45, 2.75) is 25.9 Å². The molecule has 0 aliphatic rings. The van der Waals surface area contributed by atoms with Crippen molar-refractivity contribution in [3.05, 3.63) is 35.5 Å². The molecule has 1 heterocycles. The summed E-state index contributed by atoms with van der Waals surface area (Å²) in [6, 6.07) is 6.17. The molecular formula is C17H24N2O3. The third-order valence-corrected chi connectivity index (χ3v) is 3.89. The number of rotatable bonds is 7. The first-order valence-corrected chi connectivity index (χ1v) is 7.49. The number of likely N-dealkylation sites (N-methyl/N-ethyl adjacent to an activating group) is 1. The van der Waals surface area contributed by atoms with Gasteiger partial charge in [-0.05, 0) is 24.5 Å². The number of H-pyrrole nitrogens is 1. The first-order valence-electron chi connectivity index (χ1n) is 7.49. The fourth-order valence-corrected chi connectivity index (χ4v) is 2.67. The van der Waals surface area contributed by atoms with Crippen molar-refractivity contribution < 1.29 is 14.6 Å². The van der Waals surface area contributed by atoms with Crippen LogP contribution in [0.1, 0.15) is 17.5 Å². The molecule has 2 rings (SSSR count). The molecule has 0 saturated carbocycles. The van der Waals surface area contributed by atoms with Gasteiger partial charge in [0.05, 0.1) is 12.7 Å². The average molecular weight is 304 g/mol. The fourth-order valence-electron chi connectivity index (χ4n) is 2.67. The van der Waals surface area contributed by atoms with Gasteiger partial charge in [-0.3, -0.25) is 4.79 Å². The number of aromatic amines is 1. The van der Waals surface area contributed by atoms with Gasteiger partial charge >= 0.3 is 0 Å². The lowest BCUT2D eigenvalue weighted by molar-refractivity contribution is -0.131. The van der Waals surface area contributed by atoms with Crippen LogP contribution in [0.3, 0.4) is 0 Å². The highest BCUT2D eigenvalue weighted by atomic mass is 16.5. The molecule has 1 amide bonds. The predicted octanol–water partition coefficient (Wildman–Crippen LogP) is 1.87. The zero-order chi connectivity index (χ0) is 16.1. The van der Waals surface area contributed by atoms with E-state index in [2.05, 4.69) is 24.0 Å². The predicted molar refractivity (Wildman–Crippen MR) is 86.9 cm³/mol. The van der Waals surface area contributed by atoms with E-state index in [-0.39, 0.29) is 12.5 Å². The largest absolute Gasteiger partial charge is 0.389 e. The number of para-hydroxylation sites is 1. The molecule has 0 saturated heterocycles. The van der Waals surface area contributed by atoms with Crippen LogP contribution in [0.5, 0.6) is 0 Å². The van der Waals surface area contributed by atoms with Crippen molar-refractivity contribution in [1.29, 1.82) is 0 Å². The molecule has 0 bridgehead atoms. The summed E-state index contributed by atoms with van der Waals surface area (Å²) < 4.78 is 4.87. The van der Waals surface area contributed by atoms with Gasteiger partial charge in [0, 0.05) is 44.2 Å². The van der Waals surface area contributed by atoms with Gasteiger partial charge in [-0.25, -0.2) is 0 Å². The molecule has 0 aliphatic carbocycles. The number of nitrogens with zero attached hydrogens (tertiary/aromatic N) is 1. The van der Waals surface area contributed by atoms with Crippen molar-refractivity contribution in [3.63, 3.8) is 0 Å². The molecule has 0 aliphatic heterocycles. The number of aromatic nitrogens is 1. The van der Waals surface area contributed by atoms with E-state index in [1.807, 2.05) is 12.3 Å². The molecule has 2 N–H and O–H groups in total. The molecule has 0 radical (unpaired) electrons. The van der Waals surface area contributed by atoms with E-state index in [1.165, 1.54) is 18.1 Å². The highest BCUT2D eigenvalue weighted by Gasteiger charge is 2.14. The number of carbonyl (C=O) groups is 1. The number of nitrogens with one attached hydrogen (secondary N) is 1. The first-order chi connectivity index (χ1) is 10.5. The number of fused-ring (bicyclic) bond motifs is 1. The molecule has 1 aromatic carbocycles. The number of ether oxygens (including phenoxy) is 1. The Bertz CT molecular complexity index is 636. The number of hydrogen-bond acceptors (Lipinski definition) is 3. The van der Waals surface area contributed by atoms with Crippen LogP contribution in [0.2, 0.25) is 0 Å². The van der Waals surface area contributed by atoms with Crippen molar-refractivity contribution in [2.24, 2.45) is 0 Å². The average Bonchev–Trinajstić information content (AvgIpc) is 2.89. The molecule has 5 nitrogen and oxygen atoms in total. The van der Waals surface area contributed by atoms with Crippen molar-refractivity contribution in [1.82, 2.24) is 9.88 Å². The number of methoxy groups -OCH3 is 1. The van der Waals surface area contributed by atoms with E-state index < -0.39 is 6.10 Å². The minimum atomic E-state index is -0.644. The number of benzene rings is 1. The maximum Gasteiger partial charge on any atom is 0.222 e. The van der Waals surface area contributed by atoms with E-state index in [9.17, 15) is 9.90 Å². The Morgan fingerprint density at radius 2 is 2.23 bits per heavy atom. The Balaban J connectivity index is 1.94. The molecule has 0 spiro atoms. The third kappa shape index (κ3) is 3.87. The Kier molecular flexibility index (Phi) is 5.57. The van der Waals surface area contributed by atoms with Crippen LogP contribution < -0.4 is 0 Å². The van der Waals surface area contributed by atoms with Gasteiger partial charge in [0.25, 0.3) is 0 Å². The number of aliphatic hydroxyl groups is 1. The van der Waals surface area contributed by atoms with Gasteiger partial charge in [-0.15, -0.1) is 0 Å². The number of aliphatic hydroxyl groups excluding tert-OH is 1. The Morgan fingerprint density at radius 3 is 2.95 bits per heavy atom. The lowest BCUT2D eigenvalue weighted by Gasteiger charge is -2.20. The third-order valence-electron chi connectivity index (χ3n) is 3.89. The van der Waals surface area contributed by atoms with Gasteiger partial charge < -0.3 is 19.7 Å². The van der Waals surface area contributed by atoms with Crippen LogP contribution in [0.25, 0.3) is 10.9 Å². The van der Waals surface area contributed by atoms with Crippen LogP contribution >= 0.6 is 0 Å². The number of aryl methyl sites for hydroxylation is 2. The number of amides is 1. The van der Waals surface area contributed by atoms with Crippen molar-refractivity contribution >= 4 is 16.8 Å². The molecule has 22 heavy (non-hydrogen) atoms. The van der Waals surface area contributed by atoms with E-state index in [1.54, 1.807) is 11.9 Å². The van der Waals surface area contributed by atoms with E-state index >= 15 is 0 Å². The molecule has 1 atom stereocenters. The van der Waals surface area contributed by atoms with Gasteiger partial charge in [-0.1, -0.05) is 18.2 Å². The summed E-state index contributed by atoms with van der Waals surface area (Å²) in [6.07, 6.45) is 2.45. The highest BCUT2D eigenvalue weighted by Crippen LogP contribution is 2.22. The fraction of sp³-hybridized carbons (Fsp3) is 0.471. The maximum absolute atomic E-state index is 12.1. The highest BCUT2D eigenvalue weighted by molar-refractivity contribution is 5.86. The zero-order valence-corrected chi connectivity index (χ0v) is 13.4. The topological polar surface area (TPSA) is 65.6 Å². The first kappa shape index (κ1) is 16.5. The van der Waals surface area contributed by atoms with E-state index in [0.717, 1.165) is 11.1 Å². The van der Waals surface area contributed by atoms with Gasteiger partial charge in [-0.2, -0.15) is 0 Å². The summed E-state index contributed by atoms with van der Waals surface area (Å²) in [5.74, 6) is 0.0251. The van der Waals surface area contributed by atoms with Crippen LogP contribution in [-0.2, 0) is 16.0 Å². The lowest BCUT2D eigenvalue weighted by atomic mass is 10.1. The standard InChI is InChI=1S/C17H24N2O3/c1-12-5-4-6-15-13(9-18-17(12)15)7-8-16(21)19(2)10-14(20)11-22-3/h4-6,9,14,18,20H,7-8,10-11H2,1-3H3. The summed E-state index contributed by atoms with van der Waals surface area (Å²) in [4.78, 5) is 17.0. The Morgan fingerprint density at radius 1 is 1.45 bits per heavy atom.